The zero-order chi connectivity index (χ0) is 19.6. The second kappa shape index (κ2) is 7.45. The molecule has 3 aromatic rings. The number of aryl methyl sites for hydroxylation is 1. The number of anilines is 1. The van der Waals surface area contributed by atoms with E-state index in [9.17, 15) is 9.59 Å². The smallest absolute Gasteiger partial charge is 0.345 e. The molecule has 0 atom stereocenters. The molecule has 1 heterocycles. The van der Waals surface area contributed by atoms with E-state index in [1.807, 2.05) is 56.3 Å². The summed E-state index contributed by atoms with van der Waals surface area (Å²) in [6, 6.07) is 14.5. The second-order valence-electron chi connectivity index (χ2n) is 6.57. The number of fused-ring (bicyclic) bond motifs is 1. The van der Waals surface area contributed by atoms with Gasteiger partial charge in [0.25, 0.3) is 5.91 Å². The predicted octanol–water partition coefficient (Wildman–Crippen LogP) is 3.32. The van der Waals surface area contributed by atoms with Crippen LogP contribution in [0, 0.1) is 6.92 Å². The Kier molecular flexibility index (Phi) is 5.07. The van der Waals surface area contributed by atoms with Crippen LogP contribution in [0.25, 0.3) is 11.0 Å². The lowest BCUT2D eigenvalue weighted by Gasteiger charge is -2.12. The van der Waals surface area contributed by atoms with Crippen LogP contribution in [0.15, 0.2) is 62.8 Å². The summed E-state index contributed by atoms with van der Waals surface area (Å²) in [6.07, 6.45) is 0. The summed E-state index contributed by atoms with van der Waals surface area (Å²) in [5.41, 5.74) is 5.68. The van der Waals surface area contributed by atoms with Gasteiger partial charge in [-0.05, 0) is 44.2 Å². The van der Waals surface area contributed by atoms with Crippen molar-refractivity contribution in [2.75, 3.05) is 19.0 Å². The summed E-state index contributed by atoms with van der Waals surface area (Å²) in [7, 11) is 3.84. The van der Waals surface area contributed by atoms with Crippen molar-refractivity contribution in [1.29, 1.82) is 0 Å². The van der Waals surface area contributed by atoms with Crippen LogP contribution >= 0.6 is 0 Å². The summed E-state index contributed by atoms with van der Waals surface area (Å²) in [5, 5.41) is 4.84. The average Bonchev–Trinajstić information content (AvgIpc) is 2.65. The third-order valence-corrected chi connectivity index (χ3v) is 4.26. The molecule has 1 aromatic heterocycles. The van der Waals surface area contributed by atoms with Crippen molar-refractivity contribution in [3.05, 3.63) is 75.6 Å². The highest BCUT2D eigenvalue weighted by molar-refractivity contribution is 6.02. The van der Waals surface area contributed by atoms with E-state index < -0.39 is 5.63 Å². The molecule has 0 aliphatic heterocycles. The molecule has 27 heavy (non-hydrogen) atoms. The molecule has 0 spiro atoms. The minimum atomic E-state index is -0.496. The summed E-state index contributed by atoms with van der Waals surface area (Å²) in [5.74, 6) is -0.338. The Labute approximate surface area is 157 Å². The average molecular weight is 363 g/mol. The van der Waals surface area contributed by atoms with Gasteiger partial charge in [-0.25, -0.2) is 10.2 Å². The highest BCUT2D eigenvalue weighted by Gasteiger charge is 2.11. The third kappa shape index (κ3) is 4.06. The molecule has 0 unspecified atom stereocenters. The Morgan fingerprint density at radius 1 is 1.07 bits per heavy atom. The maximum Gasteiger partial charge on any atom is 0.345 e. The van der Waals surface area contributed by atoms with Crippen molar-refractivity contribution in [3.8, 4) is 0 Å². The van der Waals surface area contributed by atoms with Crippen LogP contribution in [0.4, 0.5) is 5.69 Å². The number of hydrogen-bond donors (Lipinski definition) is 1. The standard InChI is InChI=1S/C21H21N3O3/c1-13-5-7-15(8-6-13)20(25)23-22-14(2)18-11-16-9-10-17(24(3)4)12-19(16)27-21(18)26/h5-12H,1-4H3,(H,23,25). The Morgan fingerprint density at radius 2 is 1.78 bits per heavy atom. The first kappa shape index (κ1) is 18.4. The van der Waals surface area contributed by atoms with Crippen molar-refractivity contribution < 1.29 is 9.21 Å². The topological polar surface area (TPSA) is 74.9 Å². The van der Waals surface area contributed by atoms with Gasteiger partial charge in [0.2, 0.25) is 0 Å². The molecule has 0 aliphatic rings. The van der Waals surface area contributed by atoms with Crippen LogP contribution in [0.5, 0.6) is 0 Å². The van der Waals surface area contributed by atoms with Crippen LogP contribution in [-0.4, -0.2) is 25.7 Å². The first-order chi connectivity index (χ1) is 12.8. The first-order valence-corrected chi connectivity index (χ1v) is 8.52. The molecule has 0 saturated heterocycles. The normalized spacial score (nSPS) is 11.5. The third-order valence-electron chi connectivity index (χ3n) is 4.26. The number of amides is 1. The predicted molar refractivity (Wildman–Crippen MR) is 108 cm³/mol. The SMILES string of the molecule is CC(=NNC(=O)c1ccc(C)cc1)c1cc2ccc(N(C)C)cc2oc1=O. The van der Waals surface area contributed by atoms with Gasteiger partial charge in [0.15, 0.2) is 0 Å². The van der Waals surface area contributed by atoms with Gasteiger partial charge in [-0.15, -0.1) is 0 Å². The van der Waals surface area contributed by atoms with E-state index in [-0.39, 0.29) is 5.91 Å². The van der Waals surface area contributed by atoms with Gasteiger partial charge in [-0.1, -0.05) is 17.7 Å². The monoisotopic (exact) mass is 363 g/mol. The fourth-order valence-corrected chi connectivity index (χ4v) is 2.59. The summed E-state index contributed by atoms with van der Waals surface area (Å²) in [4.78, 5) is 26.4. The van der Waals surface area contributed by atoms with E-state index in [4.69, 9.17) is 4.42 Å². The summed E-state index contributed by atoms with van der Waals surface area (Å²) >= 11 is 0. The molecular formula is C21H21N3O3. The first-order valence-electron chi connectivity index (χ1n) is 8.52. The van der Waals surface area contributed by atoms with E-state index in [0.29, 0.717) is 22.4 Å². The van der Waals surface area contributed by atoms with Gasteiger partial charge in [0.1, 0.15) is 5.58 Å². The van der Waals surface area contributed by atoms with Crippen LogP contribution in [0.1, 0.15) is 28.4 Å². The van der Waals surface area contributed by atoms with Gasteiger partial charge in [0, 0.05) is 36.8 Å². The lowest BCUT2D eigenvalue weighted by Crippen LogP contribution is -2.21. The van der Waals surface area contributed by atoms with Gasteiger partial charge in [-0.3, -0.25) is 4.79 Å². The highest BCUT2D eigenvalue weighted by Crippen LogP contribution is 2.20. The van der Waals surface area contributed by atoms with E-state index in [0.717, 1.165) is 16.6 Å². The molecule has 0 aliphatic carbocycles. The minimum absolute atomic E-state index is 0.310. The number of nitrogens with zero attached hydrogens (tertiary/aromatic N) is 2. The number of nitrogens with one attached hydrogen (secondary N) is 1. The summed E-state index contributed by atoms with van der Waals surface area (Å²) in [6.45, 7) is 3.60. The van der Waals surface area contributed by atoms with E-state index in [1.165, 1.54) is 0 Å². The Hall–Kier alpha value is -3.41. The molecule has 2 aromatic carbocycles. The lowest BCUT2D eigenvalue weighted by atomic mass is 10.1. The van der Waals surface area contributed by atoms with Gasteiger partial charge >= 0.3 is 5.63 Å². The largest absolute Gasteiger partial charge is 0.422 e. The maximum absolute atomic E-state index is 12.3. The van der Waals surface area contributed by atoms with Crippen molar-refractivity contribution in [2.24, 2.45) is 5.10 Å². The Bertz CT molecular complexity index is 1080. The molecular weight excluding hydrogens is 342 g/mol. The Morgan fingerprint density at radius 3 is 2.44 bits per heavy atom. The van der Waals surface area contributed by atoms with Crippen LogP contribution < -0.4 is 16.0 Å². The molecule has 138 valence electrons. The molecule has 0 saturated carbocycles. The molecule has 6 nitrogen and oxygen atoms in total. The van der Waals surface area contributed by atoms with Crippen LogP contribution in [0.3, 0.4) is 0 Å². The van der Waals surface area contributed by atoms with Gasteiger partial charge in [0.05, 0.1) is 11.3 Å². The number of carbonyl (C=O) groups excluding carboxylic acids is 1. The second-order valence-corrected chi connectivity index (χ2v) is 6.57. The van der Waals surface area contributed by atoms with Gasteiger partial charge < -0.3 is 9.32 Å². The number of hydrazone groups is 1. The van der Waals surface area contributed by atoms with E-state index >= 15 is 0 Å². The van der Waals surface area contributed by atoms with Crippen molar-refractivity contribution in [2.45, 2.75) is 13.8 Å². The highest BCUT2D eigenvalue weighted by atomic mass is 16.4. The van der Waals surface area contributed by atoms with E-state index in [2.05, 4.69) is 10.5 Å². The molecule has 0 radical (unpaired) electrons. The fourth-order valence-electron chi connectivity index (χ4n) is 2.59. The van der Waals surface area contributed by atoms with Crippen LogP contribution in [0.2, 0.25) is 0 Å². The molecule has 0 fully saturated rings. The Balaban J connectivity index is 1.87. The maximum atomic E-state index is 12.3. The number of carbonyl (C=O) groups is 1. The fraction of sp³-hybridized carbons (Fsp3) is 0.190. The zero-order valence-corrected chi connectivity index (χ0v) is 15.7. The molecule has 3 rings (SSSR count). The zero-order valence-electron chi connectivity index (χ0n) is 15.7. The van der Waals surface area contributed by atoms with E-state index in [1.54, 1.807) is 25.1 Å². The molecule has 1 N–H and O–H groups in total. The number of hydrogen-bond acceptors (Lipinski definition) is 5. The van der Waals surface area contributed by atoms with Gasteiger partial charge in [-0.2, -0.15) is 5.10 Å². The quantitative estimate of drug-likeness (QED) is 0.438. The number of rotatable bonds is 4. The summed E-state index contributed by atoms with van der Waals surface area (Å²) < 4.78 is 5.43. The van der Waals surface area contributed by atoms with Crippen molar-refractivity contribution in [1.82, 2.24) is 5.43 Å². The molecule has 0 bridgehead atoms. The van der Waals surface area contributed by atoms with Crippen molar-refractivity contribution >= 4 is 28.3 Å². The molecule has 6 heteroatoms. The molecule has 1 amide bonds. The minimum Gasteiger partial charge on any atom is -0.422 e. The lowest BCUT2D eigenvalue weighted by molar-refractivity contribution is 0.0955. The van der Waals surface area contributed by atoms with Crippen molar-refractivity contribution in [3.63, 3.8) is 0 Å². The van der Waals surface area contributed by atoms with Crippen LogP contribution in [-0.2, 0) is 0 Å². The number of benzene rings is 2.